The summed E-state index contributed by atoms with van der Waals surface area (Å²) in [7, 11) is 0. The predicted molar refractivity (Wildman–Crippen MR) is 73.1 cm³/mol. The molecule has 2 rings (SSSR count). The minimum Gasteiger partial charge on any atom is -0.482 e. The first-order valence-corrected chi connectivity index (χ1v) is 6.80. The van der Waals surface area contributed by atoms with Crippen LogP contribution in [-0.2, 0) is 4.79 Å². The summed E-state index contributed by atoms with van der Waals surface area (Å²) in [6.45, 7) is -0.151. The van der Waals surface area contributed by atoms with E-state index in [9.17, 15) is 9.90 Å². The molecular formula is C15H18N2O3. The molecule has 1 aliphatic rings. The van der Waals surface area contributed by atoms with Crippen molar-refractivity contribution in [2.24, 2.45) is 0 Å². The molecule has 1 fully saturated rings. The van der Waals surface area contributed by atoms with Crippen LogP contribution >= 0.6 is 0 Å². The second kappa shape index (κ2) is 6.92. The summed E-state index contributed by atoms with van der Waals surface area (Å²) >= 11 is 0. The fraction of sp³-hybridized carbons (Fsp3) is 0.467. The molecule has 0 aromatic heterocycles. The Morgan fingerprint density at radius 2 is 2.15 bits per heavy atom. The number of nitrogens with zero attached hydrogens (tertiary/aromatic N) is 1. The highest BCUT2D eigenvalue weighted by atomic mass is 16.5. The van der Waals surface area contributed by atoms with Crippen molar-refractivity contribution in [2.45, 2.75) is 37.8 Å². The third-order valence-electron chi connectivity index (χ3n) is 3.44. The number of amides is 1. The molecular weight excluding hydrogens is 256 g/mol. The van der Waals surface area contributed by atoms with E-state index in [1.807, 2.05) is 6.07 Å². The van der Waals surface area contributed by atoms with Crippen LogP contribution in [0.25, 0.3) is 0 Å². The van der Waals surface area contributed by atoms with Gasteiger partial charge in [-0.3, -0.25) is 4.79 Å². The predicted octanol–water partition coefficient (Wildman–Crippen LogP) is 1.36. The van der Waals surface area contributed by atoms with Gasteiger partial charge in [0.15, 0.2) is 6.61 Å². The Hall–Kier alpha value is -2.06. The number of benzene rings is 1. The van der Waals surface area contributed by atoms with Gasteiger partial charge in [0, 0.05) is 0 Å². The molecule has 0 bridgehead atoms. The van der Waals surface area contributed by atoms with Crippen LogP contribution in [0.3, 0.4) is 0 Å². The third kappa shape index (κ3) is 3.72. The van der Waals surface area contributed by atoms with Gasteiger partial charge >= 0.3 is 0 Å². The SMILES string of the molecule is N#Cc1ccccc1OCC(=O)NC1CCCCC1O. The topological polar surface area (TPSA) is 82.3 Å². The van der Waals surface area contributed by atoms with Gasteiger partial charge in [-0.2, -0.15) is 5.26 Å². The largest absolute Gasteiger partial charge is 0.482 e. The fourth-order valence-corrected chi connectivity index (χ4v) is 2.36. The zero-order valence-corrected chi connectivity index (χ0v) is 11.2. The molecule has 106 valence electrons. The maximum Gasteiger partial charge on any atom is 0.258 e. The summed E-state index contributed by atoms with van der Waals surface area (Å²) in [5, 5.41) is 21.5. The summed E-state index contributed by atoms with van der Waals surface area (Å²) in [6, 6.07) is 8.60. The van der Waals surface area contributed by atoms with Crippen molar-refractivity contribution in [1.82, 2.24) is 5.32 Å². The van der Waals surface area contributed by atoms with Crippen LogP contribution in [0.1, 0.15) is 31.2 Å². The zero-order chi connectivity index (χ0) is 14.4. The molecule has 1 amide bonds. The van der Waals surface area contributed by atoms with Crippen LogP contribution < -0.4 is 10.1 Å². The number of hydrogen-bond donors (Lipinski definition) is 2. The minimum atomic E-state index is -0.473. The second-order valence-electron chi connectivity index (χ2n) is 4.92. The first-order chi connectivity index (χ1) is 9.70. The van der Waals surface area contributed by atoms with Gasteiger partial charge in [-0.25, -0.2) is 0 Å². The molecule has 0 aliphatic heterocycles. The summed E-state index contributed by atoms with van der Waals surface area (Å²) in [5.74, 6) is 0.123. The number of hydrogen-bond acceptors (Lipinski definition) is 4. The lowest BCUT2D eigenvalue weighted by Gasteiger charge is -2.28. The summed E-state index contributed by atoms with van der Waals surface area (Å²) < 4.78 is 5.35. The van der Waals surface area contributed by atoms with Gasteiger partial charge in [-0.15, -0.1) is 0 Å². The molecule has 0 spiro atoms. The van der Waals surface area contributed by atoms with Gasteiger partial charge in [0.1, 0.15) is 11.8 Å². The normalized spacial score (nSPS) is 21.8. The lowest BCUT2D eigenvalue weighted by atomic mass is 9.92. The maximum absolute atomic E-state index is 11.8. The number of rotatable bonds is 4. The Balaban J connectivity index is 1.84. The van der Waals surface area contributed by atoms with E-state index < -0.39 is 6.10 Å². The number of aliphatic hydroxyl groups is 1. The highest BCUT2D eigenvalue weighted by molar-refractivity contribution is 5.78. The van der Waals surface area contributed by atoms with E-state index in [1.165, 1.54) is 0 Å². The van der Waals surface area contributed by atoms with Gasteiger partial charge in [-0.05, 0) is 25.0 Å². The van der Waals surface area contributed by atoms with Gasteiger partial charge in [-0.1, -0.05) is 25.0 Å². The van der Waals surface area contributed by atoms with Crippen molar-refractivity contribution < 1.29 is 14.6 Å². The first-order valence-electron chi connectivity index (χ1n) is 6.80. The average Bonchev–Trinajstić information content (AvgIpc) is 2.48. The van der Waals surface area contributed by atoms with E-state index in [4.69, 9.17) is 10.00 Å². The van der Waals surface area contributed by atoms with Crippen molar-refractivity contribution >= 4 is 5.91 Å². The summed E-state index contributed by atoms with van der Waals surface area (Å²) in [6.07, 6.45) is 3.06. The molecule has 5 heteroatoms. The van der Waals surface area contributed by atoms with E-state index in [2.05, 4.69) is 5.32 Å². The number of para-hydroxylation sites is 1. The molecule has 1 saturated carbocycles. The van der Waals surface area contributed by atoms with Crippen LogP contribution in [0.4, 0.5) is 0 Å². The molecule has 5 nitrogen and oxygen atoms in total. The molecule has 2 atom stereocenters. The molecule has 0 radical (unpaired) electrons. The average molecular weight is 274 g/mol. The third-order valence-corrected chi connectivity index (χ3v) is 3.44. The molecule has 2 N–H and O–H groups in total. The highest BCUT2D eigenvalue weighted by Gasteiger charge is 2.24. The molecule has 1 aromatic carbocycles. The minimum absolute atomic E-state index is 0.151. The van der Waals surface area contributed by atoms with Gasteiger partial charge in [0.25, 0.3) is 5.91 Å². The van der Waals surface area contributed by atoms with Crippen molar-refractivity contribution in [1.29, 1.82) is 5.26 Å². The Kier molecular flexibility index (Phi) is 4.97. The fourth-order valence-electron chi connectivity index (χ4n) is 2.36. The summed E-state index contributed by atoms with van der Waals surface area (Å²) in [4.78, 5) is 11.8. The standard InChI is InChI=1S/C15H18N2O3/c16-9-11-5-1-4-8-14(11)20-10-15(19)17-12-6-2-3-7-13(12)18/h1,4-5,8,12-13,18H,2-3,6-7,10H2,(H,17,19). The maximum atomic E-state index is 11.8. The zero-order valence-electron chi connectivity index (χ0n) is 11.2. The van der Waals surface area contributed by atoms with Crippen LogP contribution in [0, 0.1) is 11.3 Å². The lowest BCUT2D eigenvalue weighted by molar-refractivity contribution is -0.125. The van der Waals surface area contributed by atoms with Crippen molar-refractivity contribution in [3.63, 3.8) is 0 Å². The number of nitrogens with one attached hydrogen (secondary N) is 1. The number of ether oxygens (including phenoxy) is 1. The molecule has 2 unspecified atom stereocenters. The monoisotopic (exact) mass is 274 g/mol. The molecule has 20 heavy (non-hydrogen) atoms. The van der Waals surface area contributed by atoms with Crippen molar-refractivity contribution in [2.75, 3.05) is 6.61 Å². The van der Waals surface area contributed by atoms with E-state index in [1.54, 1.807) is 24.3 Å². The highest BCUT2D eigenvalue weighted by Crippen LogP contribution is 2.19. The quantitative estimate of drug-likeness (QED) is 0.868. The van der Waals surface area contributed by atoms with Crippen LogP contribution in [0.5, 0.6) is 5.75 Å². The van der Waals surface area contributed by atoms with Crippen LogP contribution in [0.15, 0.2) is 24.3 Å². The second-order valence-corrected chi connectivity index (χ2v) is 4.92. The Bertz CT molecular complexity index is 510. The number of aliphatic hydroxyl groups excluding tert-OH is 1. The number of nitriles is 1. The van der Waals surface area contributed by atoms with Crippen molar-refractivity contribution in [3.05, 3.63) is 29.8 Å². The Labute approximate surface area is 118 Å². The van der Waals surface area contributed by atoms with E-state index in [0.717, 1.165) is 25.7 Å². The van der Waals surface area contributed by atoms with E-state index in [-0.39, 0.29) is 18.6 Å². The van der Waals surface area contributed by atoms with Gasteiger partial charge in [0.05, 0.1) is 17.7 Å². The van der Waals surface area contributed by atoms with Crippen molar-refractivity contribution in [3.8, 4) is 11.8 Å². The molecule has 0 heterocycles. The van der Waals surface area contributed by atoms with Gasteiger partial charge < -0.3 is 15.2 Å². The van der Waals surface area contributed by atoms with Crippen LogP contribution in [0.2, 0.25) is 0 Å². The molecule has 1 aromatic rings. The Morgan fingerprint density at radius 1 is 1.40 bits per heavy atom. The first kappa shape index (κ1) is 14.4. The number of carbonyl (C=O) groups excluding carboxylic acids is 1. The smallest absolute Gasteiger partial charge is 0.258 e. The van der Waals surface area contributed by atoms with E-state index >= 15 is 0 Å². The molecule has 0 saturated heterocycles. The van der Waals surface area contributed by atoms with Gasteiger partial charge in [0.2, 0.25) is 0 Å². The summed E-state index contributed by atoms with van der Waals surface area (Å²) in [5.41, 5.74) is 0.401. The van der Waals surface area contributed by atoms with Crippen LogP contribution in [-0.4, -0.2) is 29.8 Å². The van der Waals surface area contributed by atoms with E-state index in [0.29, 0.717) is 11.3 Å². The Morgan fingerprint density at radius 3 is 2.90 bits per heavy atom. The number of carbonyl (C=O) groups is 1. The molecule has 1 aliphatic carbocycles. The lowest BCUT2D eigenvalue weighted by Crippen LogP contribution is -2.46.